The number of aromatic nitrogens is 2. The van der Waals surface area contributed by atoms with Crippen LogP contribution in [0.5, 0.6) is 0 Å². The minimum atomic E-state index is -0.0618. The van der Waals surface area contributed by atoms with E-state index in [2.05, 4.69) is 27.4 Å². The molecule has 1 aromatic carbocycles. The van der Waals surface area contributed by atoms with E-state index in [4.69, 9.17) is 0 Å². The molecule has 3 heterocycles. The Balaban J connectivity index is 1.69. The number of hydrogen-bond acceptors (Lipinski definition) is 3. The maximum atomic E-state index is 13.0. The number of nitrogens with one attached hydrogen (secondary N) is 2. The molecule has 1 amide bonds. The van der Waals surface area contributed by atoms with E-state index in [0.717, 1.165) is 43.4 Å². The van der Waals surface area contributed by atoms with Gasteiger partial charge in [-0.25, -0.2) is 0 Å². The third-order valence-corrected chi connectivity index (χ3v) is 4.49. The average Bonchev–Trinajstić information content (AvgIpc) is 2.88. The zero-order valence-corrected chi connectivity index (χ0v) is 12.3. The van der Waals surface area contributed by atoms with Crippen LogP contribution in [0.4, 0.5) is 0 Å². The second-order valence-electron chi connectivity index (χ2n) is 5.90. The molecule has 22 heavy (non-hydrogen) atoms. The highest BCUT2D eigenvalue weighted by Crippen LogP contribution is 2.21. The topological polar surface area (TPSA) is 61.0 Å². The predicted octanol–water partition coefficient (Wildman–Crippen LogP) is 1.39. The van der Waals surface area contributed by atoms with Crippen molar-refractivity contribution in [3.8, 4) is 11.8 Å². The van der Waals surface area contributed by atoms with Crippen LogP contribution in [-0.4, -0.2) is 46.7 Å². The van der Waals surface area contributed by atoms with Crippen LogP contribution < -0.4 is 5.32 Å². The van der Waals surface area contributed by atoms with E-state index in [9.17, 15) is 4.79 Å². The maximum absolute atomic E-state index is 13.0. The lowest BCUT2D eigenvalue weighted by Crippen LogP contribution is -2.45. The quantitative estimate of drug-likeness (QED) is 0.781. The van der Waals surface area contributed by atoms with Gasteiger partial charge in [0.25, 0.3) is 5.91 Å². The lowest BCUT2D eigenvalue weighted by atomic mass is 10.0. The number of aromatic amines is 1. The third kappa shape index (κ3) is 2.26. The fraction of sp³-hybridized carbons (Fsp3) is 0.412. The average molecular weight is 294 g/mol. The number of hydrogen-bond donors (Lipinski definition) is 2. The van der Waals surface area contributed by atoms with E-state index in [1.807, 2.05) is 29.2 Å². The Hall–Kier alpha value is -2.32. The minimum absolute atomic E-state index is 0.0268. The molecule has 0 fully saturated rings. The molecule has 0 radical (unpaired) electrons. The fourth-order valence-corrected chi connectivity index (χ4v) is 3.21. The molecule has 5 nitrogen and oxygen atoms in total. The number of benzene rings is 1. The summed E-state index contributed by atoms with van der Waals surface area (Å²) in [5.74, 6) is 6.98. The second-order valence-corrected chi connectivity index (χ2v) is 5.90. The van der Waals surface area contributed by atoms with Crippen molar-refractivity contribution in [3.05, 3.63) is 30.0 Å². The van der Waals surface area contributed by atoms with Crippen molar-refractivity contribution in [1.29, 1.82) is 0 Å². The Morgan fingerprint density at radius 3 is 3.14 bits per heavy atom. The van der Waals surface area contributed by atoms with Crippen LogP contribution in [-0.2, 0) is 0 Å². The zero-order valence-electron chi connectivity index (χ0n) is 12.3. The molecule has 2 aromatic rings. The lowest BCUT2D eigenvalue weighted by Gasteiger charge is -2.26. The van der Waals surface area contributed by atoms with Gasteiger partial charge in [0.1, 0.15) is 6.04 Å². The Morgan fingerprint density at radius 1 is 1.27 bits per heavy atom. The number of H-pyrrole nitrogens is 1. The monoisotopic (exact) mass is 294 g/mol. The van der Waals surface area contributed by atoms with E-state index in [0.29, 0.717) is 11.6 Å². The molecule has 2 N–H and O–H groups in total. The summed E-state index contributed by atoms with van der Waals surface area (Å²) in [6.45, 7) is 2.44. The number of carbonyl (C=O) groups excluding carboxylic acids is 1. The van der Waals surface area contributed by atoms with Gasteiger partial charge >= 0.3 is 0 Å². The van der Waals surface area contributed by atoms with Gasteiger partial charge in [0.15, 0.2) is 5.69 Å². The van der Waals surface area contributed by atoms with Gasteiger partial charge in [0.05, 0.1) is 5.52 Å². The normalized spacial score (nSPS) is 24.3. The van der Waals surface area contributed by atoms with Crippen molar-refractivity contribution >= 4 is 16.8 Å². The molecule has 2 bridgehead atoms. The lowest BCUT2D eigenvalue weighted by molar-refractivity contribution is 0.0715. The van der Waals surface area contributed by atoms with E-state index in [1.54, 1.807) is 0 Å². The van der Waals surface area contributed by atoms with Crippen molar-refractivity contribution < 1.29 is 4.79 Å². The van der Waals surface area contributed by atoms with Crippen LogP contribution in [0, 0.1) is 17.8 Å². The highest BCUT2D eigenvalue weighted by molar-refractivity contribution is 6.04. The van der Waals surface area contributed by atoms with Crippen molar-refractivity contribution in [1.82, 2.24) is 20.4 Å². The standard InChI is InChI=1S/C17H18N4O/c22-17(16-14-3-1-2-4-15(14)19-20-16)21-10-8-12-5-6-13(21)11-18-9-7-12/h1-4,12-13,18H,7-11H2,(H,19,20)/t12-,13+/m1/s1. The van der Waals surface area contributed by atoms with E-state index >= 15 is 0 Å². The smallest absolute Gasteiger partial charge is 0.276 e. The molecule has 5 heteroatoms. The molecule has 2 aliphatic rings. The number of nitrogens with zero attached hydrogens (tertiary/aromatic N) is 2. The Morgan fingerprint density at radius 2 is 2.18 bits per heavy atom. The summed E-state index contributed by atoms with van der Waals surface area (Å²) < 4.78 is 0. The van der Waals surface area contributed by atoms with Crippen molar-refractivity contribution in [2.45, 2.75) is 18.9 Å². The summed E-state index contributed by atoms with van der Waals surface area (Å²) in [5, 5.41) is 11.5. The maximum Gasteiger partial charge on any atom is 0.276 e. The van der Waals surface area contributed by atoms with Crippen LogP contribution in [0.25, 0.3) is 10.9 Å². The fourth-order valence-electron chi connectivity index (χ4n) is 3.21. The van der Waals surface area contributed by atoms with Gasteiger partial charge < -0.3 is 10.2 Å². The summed E-state index contributed by atoms with van der Waals surface area (Å²) in [7, 11) is 0. The molecule has 0 spiro atoms. The van der Waals surface area contributed by atoms with Crippen LogP contribution in [0.2, 0.25) is 0 Å². The first kappa shape index (κ1) is 13.4. The molecule has 0 saturated heterocycles. The molecule has 0 aliphatic carbocycles. The molecular formula is C17H18N4O. The van der Waals surface area contributed by atoms with Gasteiger partial charge in [-0.2, -0.15) is 5.10 Å². The van der Waals surface area contributed by atoms with Gasteiger partial charge in [-0.15, -0.1) is 0 Å². The first-order chi connectivity index (χ1) is 10.8. The van der Waals surface area contributed by atoms with E-state index in [-0.39, 0.29) is 11.9 Å². The number of fused-ring (bicyclic) bond motifs is 3. The van der Waals surface area contributed by atoms with Crippen LogP contribution in [0.15, 0.2) is 24.3 Å². The second kappa shape index (κ2) is 5.47. The first-order valence-electron chi connectivity index (χ1n) is 7.79. The van der Waals surface area contributed by atoms with Gasteiger partial charge in [0, 0.05) is 24.4 Å². The van der Waals surface area contributed by atoms with Crippen molar-refractivity contribution in [2.75, 3.05) is 19.6 Å². The molecule has 2 atom stereocenters. The number of para-hydroxylation sites is 1. The molecular weight excluding hydrogens is 276 g/mol. The summed E-state index contributed by atoms with van der Waals surface area (Å²) in [6.07, 6.45) is 2.01. The SMILES string of the molecule is O=C(c1n[nH]c2ccccc12)N1CC[C@@H]2C#C[C@H]1CNCC2. The van der Waals surface area contributed by atoms with E-state index < -0.39 is 0 Å². The summed E-state index contributed by atoms with van der Waals surface area (Å²) in [6, 6.07) is 7.67. The first-order valence-corrected chi connectivity index (χ1v) is 7.79. The molecule has 112 valence electrons. The molecule has 1 aromatic heterocycles. The summed E-state index contributed by atoms with van der Waals surface area (Å²) in [4.78, 5) is 14.9. The Bertz CT molecular complexity index is 770. The number of rotatable bonds is 1. The molecule has 0 unspecified atom stereocenters. The summed E-state index contributed by atoms with van der Waals surface area (Å²) in [5.41, 5.74) is 1.39. The van der Waals surface area contributed by atoms with Gasteiger partial charge in [-0.3, -0.25) is 9.89 Å². The number of amides is 1. The van der Waals surface area contributed by atoms with Gasteiger partial charge in [-0.05, 0) is 25.5 Å². The van der Waals surface area contributed by atoms with Gasteiger partial charge in [0.2, 0.25) is 0 Å². The van der Waals surface area contributed by atoms with Crippen molar-refractivity contribution in [3.63, 3.8) is 0 Å². The van der Waals surface area contributed by atoms with Gasteiger partial charge in [-0.1, -0.05) is 30.0 Å². The Labute approximate surface area is 129 Å². The molecule has 2 aliphatic heterocycles. The van der Waals surface area contributed by atoms with Crippen LogP contribution in [0.3, 0.4) is 0 Å². The molecule has 4 rings (SSSR count). The number of carbonyl (C=O) groups is 1. The van der Waals surface area contributed by atoms with Crippen LogP contribution >= 0.6 is 0 Å². The Kier molecular flexibility index (Phi) is 3.32. The van der Waals surface area contributed by atoms with E-state index in [1.165, 1.54) is 0 Å². The highest BCUT2D eigenvalue weighted by Gasteiger charge is 2.29. The zero-order chi connectivity index (χ0) is 14.9. The predicted molar refractivity (Wildman–Crippen MR) is 84.3 cm³/mol. The highest BCUT2D eigenvalue weighted by atomic mass is 16.2. The van der Waals surface area contributed by atoms with Crippen LogP contribution in [0.1, 0.15) is 23.3 Å². The largest absolute Gasteiger partial charge is 0.322 e. The third-order valence-electron chi connectivity index (χ3n) is 4.49. The minimum Gasteiger partial charge on any atom is -0.322 e. The van der Waals surface area contributed by atoms with Crippen molar-refractivity contribution in [2.24, 2.45) is 5.92 Å². The molecule has 0 saturated carbocycles. The summed E-state index contributed by atoms with van der Waals surface area (Å²) >= 11 is 0.